The van der Waals surface area contributed by atoms with E-state index in [2.05, 4.69) is 27.7 Å². The van der Waals surface area contributed by atoms with E-state index < -0.39 is 29.2 Å². The molecule has 0 aliphatic carbocycles. The molecule has 45 heavy (non-hydrogen) atoms. The molecule has 242 valence electrons. The van der Waals surface area contributed by atoms with Gasteiger partial charge in [0.25, 0.3) is 17.7 Å². The van der Waals surface area contributed by atoms with Crippen LogP contribution >= 0.6 is 23.1 Å². The number of nitrogen functional groups attached to an aromatic ring is 1. The van der Waals surface area contributed by atoms with Crippen molar-refractivity contribution >= 4 is 57.6 Å². The molecule has 2 aliphatic rings. The van der Waals surface area contributed by atoms with Crippen LogP contribution in [0.2, 0.25) is 0 Å². The number of nitrogens with two attached hydrogens (primary N) is 1. The minimum Gasteiger partial charge on any atom is -0.543 e. The molecule has 2 aromatic rings. The highest BCUT2D eigenvalue weighted by Gasteiger charge is 2.53. The van der Waals surface area contributed by atoms with Crippen LogP contribution in [0.4, 0.5) is 5.13 Å². The van der Waals surface area contributed by atoms with Gasteiger partial charge in [0, 0.05) is 35.4 Å². The molecule has 2 aromatic heterocycles. The second-order valence-electron chi connectivity index (χ2n) is 10.8. The Hall–Kier alpha value is -3.98. The van der Waals surface area contributed by atoms with Crippen molar-refractivity contribution in [1.29, 1.82) is 0 Å². The van der Waals surface area contributed by atoms with Gasteiger partial charge in [-0.25, -0.2) is 9.55 Å². The Kier molecular flexibility index (Phi) is 12.3. The number of thioether (sulfide) groups is 1. The van der Waals surface area contributed by atoms with Crippen molar-refractivity contribution in [1.82, 2.24) is 20.5 Å². The van der Waals surface area contributed by atoms with Gasteiger partial charge < -0.3 is 31.1 Å². The predicted octanol–water partition coefficient (Wildman–Crippen LogP) is 1.34. The van der Waals surface area contributed by atoms with Crippen LogP contribution in [0.25, 0.3) is 0 Å². The maximum Gasteiger partial charge on any atom is 0.276 e. The van der Waals surface area contributed by atoms with Gasteiger partial charge in [-0.3, -0.25) is 19.3 Å². The van der Waals surface area contributed by atoms with Gasteiger partial charge in [0.1, 0.15) is 24.2 Å². The molecule has 2 aliphatic heterocycles. The van der Waals surface area contributed by atoms with Crippen molar-refractivity contribution in [2.75, 3.05) is 25.1 Å². The lowest BCUT2D eigenvalue weighted by molar-refractivity contribution is -0.689. The molecule has 1 fully saturated rings. The number of hydrogen-bond donors (Lipinski definition) is 3. The number of aliphatic carboxylic acids is 1. The Balaban J connectivity index is 1.32. The number of β-lactam (4-membered cyclic amide) rings is 1. The summed E-state index contributed by atoms with van der Waals surface area (Å²) in [6.45, 7) is 3.01. The smallest absolute Gasteiger partial charge is 0.276 e. The van der Waals surface area contributed by atoms with Crippen LogP contribution in [-0.2, 0) is 25.8 Å². The molecule has 4 rings (SSSR count). The first-order valence-electron chi connectivity index (χ1n) is 15.0. The predicted molar refractivity (Wildman–Crippen MR) is 169 cm³/mol. The number of carboxylic acids is 1. The van der Waals surface area contributed by atoms with Crippen molar-refractivity contribution in [3.63, 3.8) is 0 Å². The van der Waals surface area contributed by atoms with Gasteiger partial charge in [0.2, 0.25) is 0 Å². The fourth-order valence-corrected chi connectivity index (χ4v) is 7.08. The number of nitrogens with one attached hydrogen (secondary N) is 2. The van der Waals surface area contributed by atoms with Crippen molar-refractivity contribution in [3.8, 4) is 0 Å². The molecule has 0 spiro atoms. The van der Waals surface area contributed by atoms with Crippen LogP contribution in [0, 0.1) is 0 Å². The highest BCUT2D eigenvalue weighted by molar-refractivity contribution is 8.00. The van der Waals surface area contributed by atoms with E-state index in [-0.39, 0.29) is 34.7 Å². The van der Waals surface area contributed by atoms with Crippen LogP contribution in [0.15, 0.2) is 46.3 Å². The van der Waals surface area contributed by atoms with Gasteiger partial charge in [-0.05, 0) is 6.42 Å². The third-order valence-corrected chi connectivity index (χ3v) is 9.55. The molecule has 15 heteroatoms. The van der Waals surface area contributed by atoms with E-state index in [4.69, 9.17) is 10.6 Å². The fraction of sp³-hybridized carbons (Fsp3) is 0.500. The zero-order chi connectivity index (χ0) is 32.3. The minimum absolute atomic E-state index is 0.157. The van der Waals surface area contributed by atoms with E-state index in [1.807, 2.05) is 0 Å². The first-order valence-corrected chi connectivity index (χ1v) is 17.0. The topological polar surface area (TPSA) is 183 Å². The summed E-state index contributed by atoms with van der Waals surface area (Å²) in [5.41, 5.74) is 6.47. The van der Waals surface area contributed by atoms with E-state index >= 15 is 0 Å². The fourth-order valence-electron chi connectivity index (χ4n) is 5.19. The van der Waals surface area contributed by atoms with Crippen LogP contribution in [0.5, 0.6) is 0 Å². The lowest BCUT2D eigenvalue weighted by atomic mass is 10.0. The Morgan fingerprint density at radius 3 is 2.47 bits per heavy atom. The Morgan fingerprint density at radius 1 is 1.16 bits per heavy atom. The molecule has 0 aromatic carbocycles. The van der Waals surface area contributed by atoms with Gasteiger partial charge in [-0.1, -0.05) is 57.0 Å². The van der Waals surface area contributed by atoms with Crippen molar-refractivity contribution in [3.05, 3.63) is 52.4 Å². The average Bonchev–Trinajstić information content (AvgIpc) is 3.46. The largest absolute Gasteiger partial charge is 0.543 e. The Morgan fingerprint density at radius 2 is 1.84 bits per heavy atom. The highest BCUT2D eigenvalue weighted by Crippen LogP contribution is 2.40. The van der Waals surface area contributed by atoms with E-state index in [1.165, 1.54) is 62.8 Å². The molecule has 4 N–H and O–H groups in total. The monoisotopic (exact) mass is 657 g/mol. The zero-order valence-electron chi connectivity index (χ0n) is 25.5. The second kappa shape index (κ2) is 16.4. The molecule has 0 unspecified atom stereocenters. The lowest BCUT2D eigenvalue weighted by Crippen LogP contribution is -2.71. The molecular weight excluding hydrogens is 619 g/mol. The zero-order valence-corrected chi connectivity index (χ0v) is 27.1. The molecule has 4 heterocycles. The molecule has 0 bridgehead atoms. The second-order valence-corrected chi connectivity index (χ2v) is 12.8. The van der Waals surface area contributed by atoms with Crippen LogP contribution in [0.3, 0.4) is 0 Å². The average molecular weight is 658 g/mol. The number of fused-ring (bicyclic) bond motifs is 1. The number of oxime groups is 1. The molecular formula is C30H39N7O6S2. The number of rotatable bonds is 17. The number of carbonyl (C=O) groups excluding carboxylic acids is 4. The third-order valence-electron chi connectivity index (χ3n) is 7.53. The summed E-state index contributed by atoms with van der Waals surface area (Å²) in [5.74, 6) is -2.64. The third kappa shape index (κ3) is 8.60. The van der Waals surface area contributed by atoms with Crippen LogP contribution < -0.4 is 26.0 Å². The van der Waals surface area contributed by atoms with E-state index in [1.54, 1.807) is 29.1 Å². The standard InChI is InChI=1S/C30H39N7O6S2/c1-3-4-5-6-7-8-9-10-13-32-25(38)19-11-14-36(15-12-19)16-20-17-44-28-23(27(40)37(28)24(20)29(41)42)34-26(39)22(35-43-2)21-18-45-30(31)33-21/h11-12,14-15,18,23,28H,3-10,13,16-17H2,1-2H3,(H4-,31,32,33,34,38,39,41,42)/b35-22-/t23-,28-/m1/s1. The molecule has 1 saturated heterocycles. The maximum atomic E-state index is 13.1. The first kappa shape index (κ1) is 33.9. The molecule has 3 amide bonds. The van der Waals surface area contributed by atoms with Gasteiger partial charge in [-0.2, -0.15) is 0 Å². The minimum atomic E-state index is -1.48. The van der Waals surface area contributed by atoms with Gasteiger partial charge in [0.05, 0.1) is 17.2 Å². The lowest BCUT2D eigenvalue weighted by Gasteiger charge is -2.50. The highest BCUT2D eigenvalue weighted by atomic mass is 32.2. The summed E-state index contributed by atoms with van der Waals surface area (Å²) in [5, 5.41) is 22.6. The van der Waals surface area contributed by atoms with Gasteiger partial charge in [0.15, 0.2) is 29.8 Å². The van der Waals surface area contributed by atoms with E-state index in [0.29, 0.717) is 23.4 Å². The molecule has 0 radical (unpaired) electrons. The van der Waals surface area contributed by atoms with E-state index in [9.17, 15) is 24.3 Å². The van der Waals surface area contributed by atoms with Crippen LogP contribution in [-0.4, -0.2) is 70.1 Å². The summed E-state index contributed by atoms with van der Waals surface area (Å²) < 4.78 is 1.74. The summed E-state index contributed by atoms with van der Waals surface area (Å²) in [7, 11) is 1.27. The number of carbonyl (C=O) groups is 4. The van der Waals surface area contributed by atoms with E-state index in [0.717, 1.165) is 29.1 Å². The first-order chi connectivity index (χ1) is 21.7. The maximum absolute atomic E-state index is 13.1. The van der Waals surface area contributed by atoms with Gasteiger partial charge in [-0.15, -0.1) is 23.1 Å². The van der Waals surface area contributed by atoms with Crippen molar-refractivity contribution in [2.24, 2.45) is 5.16 Å². The summed E-state index contributed by atoms with van der Waals surface area (Å²) in [4.78, 5) is 60.8. The summed E-state index contributed by atoms with van der Waals surface area (Å²) >= 11 is 2.44. The Bertz CT molecular complexity index is 1440. The number of nitrogens with zero attached hydrogens (tertiary/aromatic N) is 4. The number of aromatic nitrogens is 2. The molecule has 0 saturated carbocycles. The number of thiazole rings is 1. The van der Waals surface area contributed by atoms with Crippen LogP contribution in [0.1, 0.15) is 74.3 Å². The normalized spacial score (nSPS) is 17.9. The number of hydrogen-bond acceptors (Lipinski definition) is 11. The number of carboxylic acid groups (broad SMARTS) is 1. The number of pyridine rings is 1. The van der Waals surface area contributed by atoms with Gasteiger partial charge >= 0.3 is 0 Å². The molecule has 13 nitrogen and oxygen atoms in total. The molecule has 2 atom stereocenters. The Labute approximate surface area is 270 Å². The summed E-state index contributed by atoms with van der Waals surface area (Å²) in [6, 6.07) is 2.38. The summed E-state index contributed by atoms with van der Waals surface area (Å²) in [6.07, 6.45) is 12.9. The van der Waals surface area contributed by atoms with Crippen molar-refractivity contribution in [2.45, 2.75) is 76.3 Å². The number of amides is 3. The quantitative estimate of drug-likeness (QED) is 0.0743. The SMILES string of the molecule is CCCCCCCCCCNC(=O)c1cc[n+](CC2=C(C(=O)[O-])N3C(=O)[C@@H](NC(=O)/C(=N\OC)c4csc(N)n4)[C@H]3SC2)cc1. The number of anilines is 1. The van der Waals surface area contributed by atoms with Crippen molar-refractivity contribution < 1.29 is 33.7 Å². The number of unbranched alkanes of at least 4 members (excludes halogenated alkanes) is 7.